The molecule has 0 unspecified atom stereocenters. The van der Waals surface area contributed by atoms with E-state index in [1.807, 2.05) is 36.7 Å². The van der Waals surface area contributed by atoms with Crippen molar-refractivity contribution in [1.29, 1.82) is 0 Å². The molecule has 0 aliphatic carbocycles. The molecule has 0 saturated carbocycles. The molecule has 244 valence electrons. The Morgan fingerprint density at radius 1 is 0.644 bits per heavy atom. The Morgan fingerprint density at radius 2 is 1.16 bits per heavy atom. The molecule has 2 aliphatic rings. The van der Waals surface area contributed by atoms with Gasteiger partial charge in [0.2, 0.25) is 0 Å². The number of halogens is 4. The third-order valence-corrected chi connectivity index (χ3v) is 7.74. The van der Waals surface area contributed by atoms with Gasteiger partial charge in [-0.15, -0.1) is 37.2 Å². The Morgan fingerprint density at radius 3 is 1.67 bits per heavy atom. The third kappa shape index (κ3) is 10.9. The van der Waals surface area contributed by atoms with E-state index in [2.05, 4.69) is 55.3 Å². The summed E-state index contributed by atoms with van der Waals surface area (Å²) < 4.78 is 23.5. The average Bonchev–Trinajstić information content (AvgIpc) is 3.06. The molecule has 0 bridgehead atoms. The molecule has 7 nitrogen and oxygen atoms in total. The van der Waals surface area contributed by atoms with E-state index in [9.17, 15) is 4.39 Å². The van der Waals surface area contributed by atoms with Crippen molar-refractivity contribution in [3.63, 3.8) is 0 Å². The lowest BCUT2D eigenvalue weighted by Crippen LogP contribution is -2.45. The lowest BCUT2D eigenvalue weighted by Gasteiger charge is -2.36. The van der Waals surface area contributed by atoms with E-state index in [-0.39, 0.29) is 43.0 Å². The fourth-order valence-electron chi connectivity index (χ4n) is 5.31. The zero-order valence-electron chi connectivity index (χ0n) is 25.7. The number of nitrogens with one attached hydrogen (secondary N) is 1. The standard InChI is InChI=1S/C23H24FN3O.C11H16N2O.3ClH/c1-28-23-8-6-22(7-9-23)27-12-10-26(11-13-27)17-18-14-20(16-25-15-18)19-2-4-21(24)5-3-19;1-14-11-4-2-10(3-5-11)13-8-6-12-7-9-13;;;/h2-9,14-16H,10-13,17H2,1H3;2-5,12H,6-9H2,1H3;3*1H. The first-order chi connectivity index (χ1) is 20.6. The van der Waals surface area contributed by atoms with Crippen molar-refractivity contribution in [3.05, 3.63) is 103 Å². The van der Waals surface area contributed by atoms with Crippen LogP contribution in [0.25, 0.3) is 11.1 Å². The molecule has 0 amide bonds. The van der Waals surface area contributed by atoms with Crippen LogP contribution >= 0.6 is 37.2 Å². The quantitative estimate of drug-likeness (QED) is 0.237. The maximum Gasteiger partial charge on any atom is 0.123 e. The van der Waals surface area contributed by atoms with Gasteiger partial charge >= 0.3 is 0 Å². The van der Waals surface area contributed by atoms with E-state index in [0.29, 0.717) is 0 Å². The molecule has 2 fully saturated rings. The van der Waals surface area contributed by atoms with Crippen molar-refractivity contribution in [2.75, 3.05) is 76.4 Å². The number of hydrogen-bond donors (Lipinski definition) is 1. The van der Waals surface area contributed by atoms with Gasteiger partial charge in [0.1, 0.15) is 17.3 Å². The molecular weight excluding hydrogens is 636 g/mol. The van der Waals surface area contributed by atoms with Crippen LogP contribution in [0.2, 0.25) is 0 Å². The van der Waals surface area contributed by atoms with Crippen molar-refractivity contribution in [3.8, 4) is 22.6 Å². The van der Waals surface area contributed by atoms with Crippen LogP contribution in [0.15, 0.2) is 91.3 Å². The molecule has 3 aromatic carbocycles. The van der Waals surface area contributed by atoms with Gasteiger partial charge in [0, 0.05) is 88.2 Å². The fourth-order valence-corrected chi connectivity index (χ4v) is 5.31. The van der Waals surface area contributed by atoms with Crippen molar-refractivity contribution in [2.24, 2.45) is 0 Å². The second-order valence-corrected chi connectivity index (χ2v) is 10.5. The molecule has 0 spiro atoms. The molecule has 2 saturated heterocycles. The van der Waals surface area contributed by atoms with Crippen LogP contribution in [0.3, 0.4) is 0 Å². The lowest BCUT2D eigenvalue weighted by molar-refractivity contribution is 0.249. The second-order valence-electron chi connectivity index (χ2n) is 10.5. The van der Waals surface area contributed by atoms with Crippen LogP contribution in [-0.4, -0.2) is 76.5 Å². The van der Waals surface area contributed by atoms with Crippen LogP contribution in [0.4, 0.5) is 15.8 Å². The van der Waals surface area contributed by atoms with Crippen molar-refractivity contribution < 1.29 is 13.9 Å². The van der Waals surface area contributed by atoms with Gasteiger partial charge in [-0.3, -0.25) is 9.88 Å². The molecule has 4 aromatic rings. The number of anilines is 2. The highest BCUT2D eigenvalue weighted by molar-refractivity contribution is 5.86. The minimum atomic E-state index is -0.220. The maximum atomic E-state index is 13.2. The summed E-state index contributed by atoms with van der Waals surface area (Å²) in [7, 11) is 3.38. The van der Waals surface area contributed by atoms with Gasteiger partial charge in [0.25, 0.3) is 0 Å². The van der Waals surface area contributed by atoms with Gasteiger partial charge < -0.3 is 24.6 Å². The summed E-state index contributed by atoms with van der Waals surface area (Å²) in [5.41, 5.74) is 5.71. The van der Waals surface area contributed by atoms with E-state index in [4.69, 9.17) is 9.47 Å². The summed E-state index contributed by atoms with van der Waals surface area (Å²) in [6, 6.07) is 25.2. The van der Waals surface area contributed by atoms with Crippen LogP contribution < -0.4 is 24.6 Å². The fraction of sp³-hybridized carbons (Fsp3) is 0.324. The van der Waals surface area contributed by atoms with Gasteiger partial charge in [-0.25, -0.2) is 4.39 Å². The van der Waals surface area contributed by atoms with Crippen molar-refractivity contribution in [1.82, 2.24) is 15.2 Å². The first kappa shape index (κ1) is 37.9. The number of nitrogens with zero attached hydrogens (tertiary/aromatic N) is 4. The van der Waals surface area contributed by atoms with Crippen molar-refractivity contribution >= 4 is 48.6 Å². The Hall–Kier alpha value is -3.27. The van der Waals surface area contributed by atoms with E-state index in [1.165, 1.54) is 29.1 Å². The summed E-state index contributed by atoms with van der Waals surface area (Å²) in [5.74, 6) is 1.59. The minimum Gasteiger partial charge on any atom is -0.497 e. The van der Waals surface area contributed by atoms with E-state index >= 15 is 0 Å². The monoisotopic (exact) mass is 677 g/mol. The number of piperazine rings is 2. The number of benzene rings is 3. The van der Waals surface area contributed by atoms with E-state index in [0.717, 1.165) is 81.5 Å². The zero-order chi connectivity index (χ0) is 29.1. The number of rotatable bonds is 7. The first-order valence-electron chi connectivity index (χ1n) is 14.5. The Balaban J connectivity index is 0.000000354. The Bertz CT molecular complexity index is 1380. The molecule has 2 aliphatic heterocycles. The summed E-state index contributed by atoms with van der Waals surface area (Å²) >= 11 is 0. The Labute approximate surface area is 285 Å². The van der Waals surface area contributed by atoms with E-state index in [1.54, 1.807) is 26.4 Å². The normalized spacial score (nSPS) is 14.5. The highest BCUT2D eigenvalue weighted by Gasteiger charge is 2.18. The third-order valence-electron chi connectivity index (χ3n) is 7.74. The summed E-state index contributed by atoms with van der Waals surface area (Å²) in [4.78, 5) is 11.6. The summed E-state index contributed by atoms with van der Waals surface area (Å²) in [5, 5.41) is 3.34. The van der Waals surface area contributed by atoms with Crippen LogP contribution in [0, 0.1) is 5.82 Å². The molecule has 0 radical (unpaired) electrons. The molecule has 1 aromatic heterocycles. The van der Waals surface area contributed by atoms with Crippen LogP contribution in [-0.2, 0) is 6.54 Å². The molecule has 45 heavy (non-hydrogen) atoms. The average molecular weight is 679 g/mol. The number of aromatic nitrogens is 1. The molecular formula is C34H43Cl3FN5O2. The summed E-state index contributed by atoms with van der Waals surface area (Å²) in [6.45, 7) is 9.21. The second kappa shape index (κ2) is 19.3. The van der Waals surface area contributed by atoms with Gasteiger partial charge in [0.05, 0.1) is 14.2 Å². The number of hydrogen-bond acceptors (Lipinski definition) is 7. The largest absolute Gasteiger partial charge is 0.497 e. The predicted molar refractivity (Wildman–Crippen MR) is 190 cm³/mol. The first-order valence-corrected chi connectivity index (χ1v) is 14.5. The maximum absolute atomic E-state index is 13.2. The molecule has 1 N–H and O–H groups in total. The SMILES string of the molecule is COc1ccc(N2CCN(Cc3cncc(-c4ccc(F)cc4)c3)CC2)cc1.COc1ccc(N2CCNCC2)cc1.Cl.Cl.Cl. The molecule has 3 heterocycles. The lowest BCUT2D eigenvalue weighted by atomic mass is 10.1. The topological polar surface area (TPSA) is 53.1 Å². The van der Waals surface area contributed by atoms with Gasteiger partial charge in [-0.1, -0.05) is 12.1 Å². The van der Waals surface area contributed by atoms with Gasteiger partial charge in [-0.05, 0) is 77.9 Å². The van der Waals surface area contributed by atoms with E-state index < -0.39 is 0 Å². The smallest absolute Gasteiger partial charge is 0.123 e. The minimum absolute atomic E-state index is 0. The molecule has 6 rings (SSSR count). The highest BCUT2D eigenvalue weighted by Crippen LogP contribution is 2.23. The zero-order valence-corrected chi connectivity index (χ0v) is 28.2. The van der Waals surface area contributed by atoms with Crippen LogP contribution in [0.1, 0.15) is 5.56 Å². The number of methoxy groups -OCH3 is 2. The Kier molecular flexibility index (Phi) is 16.3. The summed E-state index contributed by atoms with van der Waals surface area (Å²) in [6.07, 6.45) is 3.75. The molecule has 0 atom stereocenters. The number of ether oxygens (including phenoxy) is 2. The van der Waals surface area contributed by atoms with Gasteiger partial charge in [-0.2, -0.15) is 0 Å². The van der Waals surface area contributed by atoms with Crippen LogP contribution in [0.5, 0.6) is 11.5 Å². The highest BCUT2D eigenvalue weighted by atomic mass is 35.5. The van der Waals surface area contributed by atoms with Crippen molar-refractivity contribution in [2.45, 2.75) is 6.54 Å². The number of pyridine rings is 1. The van der Waals surface area contributed by atoms with Gasteiger partial charge in [0.15, 0.2) is 0 Å². The predicted octanol–water partition coefficient (Wildman–Crippen LogP) is 6.59. The molecule has 11 heteroatoms.